The lowest BCUT2D eigenvalue weighted by Gasteiger charge is -2.18. The van der Waals surface area contributed by atoms with E-state index in [-0.39, 0.29) is 6.04 Å². The second kappa shape index (κ2) is 6.44. The Labute approximate surface area is 107 Å². The Hall–Kier alpha value is -1.49. The van der Waals surface area contributed by atoms with E-state index in [1.807, 2.05) is 18.3 Å². The summed E-state index contributed by atoms with van der Waals surface area (Å²) in [5.41, 5.74) is 3.94. The quantitative estimate of drug-likeness (QED) is 0.465. The van der Waals surface area contributed by atoms with Crippen LogP contribution in [0, 0.1) is 0 Å². The van der Waals surface area contributed by atoms with E-state index < -0.39 is 0 Å². The number of nitrogens with two attached hydrogens (primary N) is 1. The van der Waals surface area contributed by atoms with Crippen molar-refractivity contribution in [2.75, 3.05) is 13.2 Å². The molecule has 0 fully saturated rings. The monoisotopic (exact) mass is 245 g/mol. The van der Waals surface area contributed by atoms with Crippen molar-refractivity contribution in [1.29, 1.82) is 0 Å². The third-order valence-electron chi connectivity index (χ3n) is 2.93. The highest BCUT2D eigenvalue weighted by molar-refractivity contribution is 5.85. The molecule has 3 N–H and O–H groups in total. The number of fused-ring (bicyclic) bond motifs is 1. The highest BCUT2D eigenvalue weighted by atomic mass is 16.5. The van der Waals surface area contributed by atoms with Crippen molar-refractivity contribution in [2.45, 2.75) is 19.4 Å². The Morgan fingerprint density at radius 1 is 1.39 bits per heavy atom. The fraction of sp³-hybridized carbons (Fsp3) is 0.357. The molecule has 0 saturated carbocycles. The van der Waals surface area contributed by atoms with Gasteiger partial charge >= 0.3 is 0 Å². The van der Waals surface area contributed by atoms with Gasteiger partial charge in [-0.15, -0.1) is 0 Å². The molecule has 0 bridgehead atoms. The molecular formula is C14H19N3O. The summed E-state index contributed by atoms with van der Waals surface area (Å²) in [7, 11) is 0. The average Bonchev–Trinajstić information content (AvgIpc) is 2.43. The minimum absolute atomic E-state index is 0.00977. The first-order chi connectivity index (χ1) is 8.86. The summed E-state index contributed by atoms with van der Waals surface area (Å²) in [4.78, 5) is 4.18. The molecule has 0 aliphatic carbocycles. The number of hydrogen-bond acceptors (Lipinski definition) is 4. The van der Waals surface area contributed by atoms with Gasteiger partial charge in [-0.3, -0.25) is 16.3 Å². The van der Waals surface area contributed by atoms with Crippen molar-refractivity contribution in [3.8, 4) is 0 Å². The van der Waals surface area contributed by atoms with E-state index in [0.717, 1.165) is 24.0 Å². The lowest BCUT2D eigenvalue weighted by molar-refractivity contribution is 0.112. The first-order valence-corrected chi connectivity index (χ1v) is 6.23. The van der Waals surface area contributed by atoms with Gasteiger partial charge in [-0.1, -0.05) is 25.1 Å². The second-order valence-electron chi connectivity index (χ2n) is 4.24. The molecule has 96 valence electrons. The van der Waals surface area contributed by atoms with E-state index in [1.165, 1.54) is 5.39 Å². The predicted octanol–water partition coefficient (Wildman–Crippen LogP) is 2.17. The average molecular weight is 245 g/mol. The Morgan fingerprint density at radius 3 is 3.06 bits per heavy atom. The molecule has 0 spiro atoms. The standard InChI is InChI=1S/C14H19N3O/c1-2-8-18-10-14(17-15)12-5-3-4-11-6-7-16-9-13(11)12/h3-7,9,14,17H,2,8,10,15H2,1H3. The summed E-state index contributed by atoms with van der Waals surface area (Å²) in [6.07, 6.45) is 4.67. The zero-order valence-electron chi connectivity index (χ0n) is 10.6. The molecule has 0 amide bonds. The van der Waals surface area contributed by atoms with Crippen molar-refractivity contribution >= 4 is 10.8 Å². The predicted molar refractivity (Wildman–Crippen MR) is 72.9 cm³/mol. The third-order valence-corrected chi connectivity index (χ3v) is 2.93. The number of nitrogens with one attached hydrogen (secondary N) is 1. The van der Waals surface area contributed by atoms with Gasteiger partial charge in [0.25, 0.3) is 0 Å². The normalized spacial score (nSPS) is 12.8. The maximum atomic E-state index is 5.63. The molecule has 4 heteroatoms. The van der Waals surface area contributed by atoms with E-state index in [1.54, 1.807) is 6.20 Å². The van der Waals surface area contributed by atoms with Gasteiger partial charge in [-0.25, -0.2) is 0 Å². The molecule has 1 heterocycles. The highest BCUT2D eigenvalue weighted by Crippen LogP contribution is 2.23. The maximum Gasteiger partial charge on any atom is 0.0700 e. The molecule has 0 aliphatic heterocycles. The molecule has 2 aromatic rings. The Morgan fingerprint density at radius 2 is 2.28 bits per heavy atom. The van der Waals surface area contributed by atoms with Gasteiger partial charge in [-0.2, -0.15) is 0 Å². The number of aromatic nitrogens is 1. The Bertz CT molecular complexity index is 496. The first kappa shape index (κ1) is 13.0. The fourth-order valence-corrected chi connectivity index (χ4v) is 2.01. The minimum Gasteiger partial charge on any atom is -0.379 e. The minimum atomic E-state index is -0.00977. The highest BCUT2D eigenvalue weighted by Gasteiger charge is 2.12. The van der Waals surface area contributed by atoms with Gasteiger partial charge < -0.3 is 4.74 Å². The van der Waals surface area contributed by atoms with Crippen LogP contribution >= 0.6 is 0 Å². The van der Waals surface area contributed by atoms with Crippen molar-refractivity contribution in [1.82, 2.24) is 10.4 Å². The summed E-state index contributed by atoms with van der Waals surface area (Å²) >= 11 is 0. The van der Waals surface area contributed by atoms with Gasteiger partial charge in [0.1, 0.15) is 0 Å². The molecule has 0 aliphatic rings. The molecule has 1 aromatic carbocycles. The fourth-order valence-electron chi connectivity index (χ4n) is 2.01. The SMILES string of the molecule is CCCOCC(NN)c1cccc2ccncc12. The van der Waals surface area contributed by atoms with Gasteiger partial charge in [0.2, 0.25) is 0 Å². The van der Waals surface area contributed by atoms with E-state index >= 15 is 0 Å². The van der Waals surface area contributed by atoms with Gasteiger partial charge in [0.05, 0.1) is 12.6 Å². The lowest BCUT2D eigenvalue weighted by atomic mass is 10.0. The molecule has 1 unspecified atom stereocenters. The Kier molecular flexibility index (Phi) is 4.64. The summed E-state index contributed by atoms with van der Waals surface area (Å²) in [5.74, 6) is 5.63. The van der Waals surface area contributed by atoms with Crippen LogP contribution in [0.15, 0.2) is 36.7 Å². The van der Waals surface area contributed by atoms with Crippen molar-refractivity contribution in [3.63, 3.8) is 0 Å². The number of pyridine rings is 1. The second-order valence-corrected chi connectivity index (χ2v) is 4.24. The van der Waals surface area contributed by atoms with Crippen LogP contribution in [0.4, 0.5) is 0 Å². The van der Waals surface area contributed by atoms with Crippen molar-refractivity contribution in [3.05, 3.63) is 42.2 Å². The summed E-state index contributed by atoms with van der Waals surface area (Å²) in [6.45, 7) is 3.41. The number of hydrogen-bond donors (Lipinski definition) is 2. The van der Waals surface area contributed by atoms with Crippen LogP contribution in [-0.2, 0) is 4.74 Å². The van der Waals surface area contributed by atoms with E-state index in [9.17, 15) is 0 Å². The van der Waals surface area contributed by atoms with Crippen molar-refractivity contribution < 1.29 is 4.74 Å². The van der Waals surface area contributed by atoms with E-state index in [2.05, 4.69) is 29.5 Å². The molecule has 2 rings (SSSR count). The first-order valence-electron chi connectivity index (χ1n) is 6.23. The molecule has 1 aromatic heterocycles. The lowest BCUT2D eigenvalue weighted by Crippen LogP contribution is -2.31. The number of ether oxygens (including phenoxy) is 1. The van der Waals surface area contributed by atoms with Crippen LogP contribution in [0.3, 0.4) is 0 Å². The van der Waals surface area contributed by atoms with Crippen LogP contribution in [-0.4, -0.2) is 18.2 Å². The number of rotatable bonds is 6. The smallest absolute Gasteiger partial charge is 0.0700 e. The summed E-state index contributed by atoms with van der Waals surface area (Å²) in [5, 5.41) is 2.28. The van der Waals surface area contributed by atoms with Crippen LogP contribution in [0.2, 0.25) is 0 Å². The largest absolute Gasteiger partial charge is 0.379 e. The zero-order valence-corrected chi connectivity index (χ0v) is 10.6. The number of nitrogens with zero attached hydrogens (tertiary/aromatic N) is 1. The molecule has 1 atom stereocenters. The van der Waals surface area contributed by atoms with Crippen LogP contribution in [0.5, 0.6) is 0 Å². The Balaban J connectivity index is 2.27. The summed E-state index contributed by atoms with van der Waals surface area (Å²) < 4.78 is 5.58. The number of hydrazine groups is 1. The molecular weight excluding hydrogens is 226 g/mol. The maximum absolute atomic E-state index is 5.63. The number of benzene rings is 1. The molecule has 4 nitrogen and oxygen atoms in total. The van der Waals surface area contributed by atoms with Crippen LogP contribution in [0.25, 0.3) is 10.8 Å². The molecule has 0 radical (unpaired) electrons. The topological polar surface area (TPSA) is 60.2 Å². The van der Waals surface area contributed by atoms with Gasteiger partial charge in [-0.05, 0) is 23.4 Å². The summed E-state index contributed by atoms with van der Waals surface area (Å²) in [6, 6.07) is 8.15. The molecule has 0 saturated heterocycles. The van der Waals surface area contributed by atoms with Gasteiger partial charge in [0.15, 0.2) is 0 Å². The van der Waals surface area contributed by atoms with Crippen LogP contribution < -0.4 is 11.3 Å². The third kappa shape index (κ3) is 2.85. The zero-order chi connectivity index (χ0) is 12.8. The van der Waals surface area contributed by atoms with Gasteiger partial charge in [0, 0.05) is 24.4 Å². The molecule has 18 heavy (non-hydrogen) atoms. The van der Waals surface area contributed by atoms with Crippen molar-refractivity contribution in [2.24, 2.45) is 5.84 Å². The van der Waals surface area contributed by atoms with E-state index in [0.29, 0.717) is 6.61 Å². The van der Waals surface area contributed by atoms with E-state index in [4.69, 9.17) is 10.6 Å². The van der Waals surface area contributed by atoms with Crippen LogP contribution in [0.1, 0.15) is 24.9 Å².